The van der Waals surface area contributed by atoms with E-state index in [1.165, 1.54) is 7.11 Å². The maximum absolute atomic E-state index is 11.6. The van der Waals surface area contributed by atoms with E-state index in [9.17, 15) is 9.59 Å². The average Bonchev–Trinajstić information content (AvgIpc) is 2.45. The van der Waals surface area contributed by atoms with Crippen molar-refractivity contribution in [3.63, 3.8) is 0 Å². The van der Waals surface area contributed by atoms with Gasteiger partial charge in [-0.3, -0.25) is 0 Å². The molecule has 0 aliphatic rings. The van der Waals surface area contributed by atoms with Crippen LogP contribution in [-0.4, -0.2) is 38.9 Å². The van der Waals surface area contributed by atoms with Gasteiger partial charge in [0.2, 0.25) is 0 Å². The number of hydrogen-bond acceptors (Lipinski definition) is 6. The number of para-hydroxylation sites is 2. The monoisotopic (exact) mass is 296 g/mol. The molecule has 0 aliphatic heterocycles. The van der Waals surface area contributed by atoms with Crippen LogP contribution in [0.2, 0.25) is 0 Å². The van der Waals surface area contributed by atoms with Crippen molar-refractivity contribution in [1.82, 2.24) is 0 Å². The van der Waals surface area contributed by atoms with E-state index in [-0.39, 0.29) is 19.1 Å². The molecule has 0 saturated heterocycles. The largest absolute Gasteiger partial charge is 0.493 e. The van der Waals surface area contributed by atoms with Crippen LogP contribution in [0.15, 0.2) is 24.3 Å². The fraction of sp³-hybridized carbons (Fsp3) is 0.467. The Bertz CT molecular complexity index is 469. The van der Waals surface area contributed by atoms with E-state index < -0.39 is 11.9 Å². The summed E-state index contributed by atoms with van der Waals surface area (Å²) in [7, 11) is 1.48. The number of rotatable bonds is 8. The van der Waals surface area contributed by atoms with Crippen LogP contribution in [0.25, 0.3) is 0 Å². The van der Waals surface area contributed by atoms with Gasteiger partial charge in [0.25, 0.3) is 0 Å². The molecule has 0 bridgehead atoms. The third kappa shape index (κ3) is 6.76. The van der Waals surface area contributed by atoms with Gasteiger partial charge in [0, 0.05) is 0 Å². The lowest BCUT2D eigenvalue weighted by molar-refractivity contribution is -0.152. The van der Waals surface area contributed by atoms with Crippen molar-refractivity contribution < 1.29 is 28.5 Å². The lowest BCUT2D eigenvalue weighted by Crippen LogP contribution is -2.21. The second-order valence-electron chi connectivity index (χ2n) is 4.69. The highest BCUT2D eigenvalue weighted by atomic mass is 16.6. The molecule has 0 aliphatic carbocycles. The average molecular weight is 296 g/mol. The zero-order valence-corrected chi connectivity index (χ0v) is 12.5. The summed E-state index contributed by atoms with van der Waals surface area (Å²) in [5.74, 6) is -0.118. The highest BCUT2D eigenvalue weighted by Crippen LogP contribution is 2.25. The van der Waals surface area contributed by atoms with Gasteiger partial charge in [-0.15, -0.1) is 0 Å². The molecule has 0 radical (unpaired) electrons. The minimum atomic E-state index is -0.615. The normalized spacial score (nSPS) is 10.3. The van der Waals surface area contributed by atoms with Crippen LogP contribution in [0.1, 0.15) is 13.8 Å². The van der Waals surface area contributed by atoms with Gasteiger partial charge in [-0.1, -0.05) is 26.0 Å². The zero-order valence-electron chi connectivity index (χ0n) is 12.5. The van der Waals surface area contributed by atoms with E-state index in [0.29, 0.717) is 18.1 Å². The van der Waals surface area contributed by atoms with Crippen molar-refractivity contribution in [3.05, 3.63) is 24.3 Å². The Morgan fingerprint density at radius 2 is 1.67 bits per heavy atom. The van der Waals surface area contributed by atoms with Gasteiger partial charge < -0.3 is 18.9 Å². The second kappa shape index (κ2) is 8.97. The minimum absolute atomic E-state index is 0.254. The van der Waals surface area contributed by atoms with Crippen LogP contribution in [0.5, 0.6) is 11.5 Å². The topological polar surface area (TPSA) is 71.1 Å². The minimum Gasteiger partial charge on any atom is -0.493 e. The summed E-state index contributed by atoms with van der Waals surface area (Å²) in [4.78, 5) is 22.8. The number of carbonyl (C=O) groups is 2. The fourth-order valence-electron chi connectivity index (χ4n) is 1.37. The molecule has 6 nitrogen and oxygen atoms in total. The van der Waals surface area contributed by atoms with Crippen LogP contribution in [0.3, 0.4) is 0 Å². The first-order valence-corrected chi connectivity index (χ1v) is 6.60. The molecule has 0 aromatic heterocycles. The highest BCUT2D eigenvalue weighted by Gasteiger charge is 2.11. The molecule has 0 spiro atoms. The third-order valence-electron chi connectivity index (χ3n) is 2.31. The van der Waals surface area contributed by atoms with E-state index in [0.717, 1.165) is 0 Å². The summed E-state index contributed by atoms with van der Waals surface area (Å²) >= 11 is 0. The van der Waals surface area contributed by atoms with E-state index in [1.807, 2.05) is 13.8 Å². The van der Waals surface area contributed by atoms with Gasteiger partial charge in [-0.05, 0) is 18.1 Å². The van der Waals surface area contributed by atoms with E-state index in [4.69, 9.17) is 18.9 Å². The van der Waals surface area contributed by atoms with Gasteiger partial charge in [0.1, 0.15) is 13.2 Å². The molecule has 0 heterocycles. The van der Waals surface area contributed by atoms with E-state index in [2.05, 4.69) is 0 Å². The first-order chi connectivity index (χ1) is 10.0. The number of ether oxygens (including phenoxy) is 4. The maximum atomic E-state index is 11.6. The Hall–Kier alpha value is -2.08. The van der Waals surface area contributed by atoms with Gasteiger partial charge in [0.15, 0.2) is 11.5 Å². The Labute approximate surface area is 123 Å². The predicted molar refractivity (Wildman–Crippen MR) is 75.2 cm³/mol. The smallest absolute Gasteiger partial charge is 0.337 e. The summed E-state index contributed by atoms with van der Waals surface area (Å²) in [6, 6.07) is 6.76. The van der Waals surface area contributed by atoms with Gasteiger partial charge in [0.05, 0.1) is 13.7 Å². The number of carbonyl (C=O) groups excluding carboxylic acids is 2. The maximum Gasteiger partial charge on any atom is 0.337 e. The number of esters is 2. The Kier molecular flexibility index (Phi) is 7.25. The molecule has 21 heavy (non-hydrogen) atoms. The highest BCUT2D eigenvalue weighted by molar-refractivity contribution is 5.75. The number of methoxy groups -OCH3 is 1. The van der Waals surface area contributed by atoms with Gasteiger partial charge >= 0.3 is 11.9 Å². The SMILES string of the molecule is COc1ccccc1OC(=O)COCC(=O)OCC(C)C. The van der Waals surface area contributed by atoms with Gasteiger partial charge in [-0.25, -0.2) is 9.59 Å². The van der Waals surface area contributed by atoms with Crippen LogP contribution in [0.4, 0.5) is 0 Å². The van der Waals surface area contributed by atoms with Gasteiger partial charge in [-0.2, -0.15) is 0 Å². The summed E-state index contributed by atoms with van der Waals surface area (Å²) < 4.78 is 20.0. The molecule has 0 amide bonds. The molecular weight excluding hydrogens is 276 g/mol. The molecule has 0 saturated carbocycles. The molecule has 0 unspecified atom stereocenters. The van der Waals surface area contributed by atoms with Crippen LogP contribution < -0.4 is 9.47 Å². The molecule has 0 N–H and O–H groups in total. The molecule has 1 aromatic carbocycles. The molecule has 0 atom stereocenters. The fourth-order valence-corrected chi connectivity index (χ4v) is 1.37. The second-order valence-corrected chi connectivity index (χ2v) is 4.69. The molecule has 6 heteroatoms. The summed E-state index contributed by atoms with van der Waals surface area (Å²) in [5, 5.41) is 0. The van der Waals surface area contributed by atoms with Crippen LogP contribution in [-0.2, 0) is 19.1 Å². The molecule has 116 valence electrons. The number of benzene rings is 1. The molecule has 0 fully saturated rings. The summed E-state index contributed by atoms with van der Waals surface area (Å²) in [6.45, 7) is 3.56. The Morgan fingerprint density at radius 3 is 2.29 bits per heavy atom. The van der Waals surface area contributed by atoms with Crippen LogP contribution in [0, 0.1) is 5.92 Å². The lowest BCUT2D eigenvalue weighted by atomic mass is 10.2. The van der Waals surface area contributed by atoms with Crippen molar-refractivity contribution in [2.24, 2.45) is 5.92 Å². The third-order valence-corrected chi connectivity index (χ3v) is 2.31. The molecular formula is C15H20O6. The van der Waals surface area contributed by atoms with Crippen LogP contribution >= 0.6 is 0 Å². The number of hydrogen-bond donors (Lipinski definition) is 0. The first kappa shape index (κ1) is 17.0. The summed E-state index contributed by atoms with van der Waals surface area (Å²) in [5.41, 5.74) is 0. The van der Waals surface area contributed by atoms with E-state index in [1.54, 1.807) is 24.3 Å². The first-order valence-electron chi connectivity index (χ1n) is 6.60. The van der Waals surface area contributed by atoms with Crippen molar-refractivity contribution >= 4 is 11.9 Å². The van der Waals surface area contributed by atoms with Crippen molar-refractivity contribution in [1.29, 1.82) is 0 Å². The molecule has 1 aromatic rings. The van der Waals surface area contributed by atoms with Crippen molar-refractivity contribution in [2.45, 2.75) is 13.8 Å². The van der Waals surface area contributed by atoms with Crippen molar-refractivity contribution in [3.8, 4) is 11.5 Å². The standard InChI is InChI=1S/C15H20O6/c1-11(2)8-20-14(16)9-19-10-15(17)21-13-7-5-4-6-12(13)18-3/h4-7,11H,8-10H2,1-3H3. The molecule has 1 rings (SSSR count). The Morgan fingerprint density at radius 1 is 1.05 bits per heavy atom. The Balaban J connectivity index is 2.30. The summed E-state index contributed by atoms with van der Waals surface area (Å²) in [6.07, 6.45) is 0. The predicted octanol–water partition coefficient (Wildman–Crippen LogP) is 1.82. The van der Waals surface area contributed by atoms with Crippen molar-refractivity contribution in [2.75, 3.05) is 26.9 Å². The lowest BCUT2D eigenvalue weighted by Gasteiger charge is -2.09. The quantitative estimate of drug-likeness (QED) is 0.538. The zero-order chi connectivity index (χ0) is 15.7. The van der Waals surface area contributed by atoms with E-state index >= 15 is 0 Å².